The zero-order valence-corrected chi connectivity index (χ0v) is 12.9. The summed E-state index contributed by atoms with van der Waals surface area (Å²) in [6.45, 7) is 0.775. The molecule has 116 valence electrons. The molecular formula is C14H19NO5S. The highest BCUT2D eigenvalue weighted by Crippen LogP contribution is 2.62. The van der Waals surface area contributed by atoms with Crippen LogP contribution < -0.4 is 15.2 Å². The zero-order valence-electron chi connectivity index (χ0n) is 12.0. The quantitative estimate of drug-likeness (QED) is 0.852. The number of hydrogen-bond acceptors (Lipinski definition) is 6. The van der Waals surface area contributed by atoms with Gasteiger partial charge in [0, 0.05) is 31.2 Å². The molecular weight excluding hydrogens is 294 g/mol. The molecule has 2 aliphatic rings. The number of ether oxygens (including phenoxy) is 3. The Labute approximate surface area is 124 Å². The molecule has 0 radical (unpaired) electrons. The maximum atomic E-state index is 12.1. The summed E-state index contributed by atoms with van der Waals surface area (Å²) in [4.78, 5) is 0. The van der Waals surface area contributed by atoms with Crippen LogP contribution in [0.4, 0.5) is 0 Å². The van der Waals surface area contributed by atoms with E-state index in [1.165, 1.54) is 6.26 Å². The molecule has 1 saturated carbocycles. The molecule has 0 unspecified atom stereocenters. The topological polar surface area (TPSA) is 87.8 Å². The Morgan fingerprint density at radius 1 is 1.38 bits per heavy atom. The molecule has 0 bridgehead atoms. The van der Waals surface area contributed by atoms with Gasteiger partial charge in [-0.2, -0.15) is 0 Å². The summed E-state index contributed by atoms with van der Waals surface area (Å²) in [5, 5.41) is -0.518. The van der Waals surface area contributed by atoms with Gasteiger partial charge in [-0.05, 0) is 17.7 Å². The number of nitrogens with two attached hydrogens (primary N) is 1. The fraction of sp³-hybridized carbons (Fsp3) is 0.571. The normalized spacial score (nSPS) is 30.4. The largest absolute Gasteiger partial charge is 0.454 e. The Morgan fingerprint density at radius 3 is 2.71 bits per heavy atom. The van der Waals surface area contributed by atoms with Crippen LogP contribution in [0.15, 0.2) is 18.2 Å². The maximum Gasteiger partial charge on any atom is 0.231 e. The van der Waals surface area contributed by atoms with Crippen LogP contribution in [0.1, 0.15) is 11.5 Å². The van der Waals surface area contributed by atoms with Gasteiger partial charge in [0.15, 0.2) is 21.3 Å². The van der Waals surface area contributed by atoms with Crippen molar-refractivity contribution in [3.05, 3.63) is 23.8 Å². The molecule has 1 aromatic carbocycles. The lowest BCUT2D eigenvalue weighted by Crippen LogP contribution is -2.28. The van der Waals surface area contributed by atoms with Gasteiger partial charge < -0.3 is 19.9 Å². The van der Waals surface area contributed by atoms with Gasteiger partial charge in [0.1, 0.15) is 0 Å². The Bertz CT molecular complexity index is 659. The molecule has 1 aliphatic carbocycles. The van der Waals surface area contributed by atoms with E-state index >= 15 is 0 Å². The molecule has 1 fully saturated rings. The highest BCUT2D eigenvalue weighted by Gasteiger charge is 2.69. The standard InChI is InChI=1S/C14H19NO5S/c1-18-7-14(6-15)12(13(14)21(2,16)17)9-3-4-10-11(5-9)20-8-19-10/h3-5,12-13H,6-8,15H2,1-2H3/t12-,13+,14-/m1/s1. The average Bonchev–Trinajstić information content (AvgIpc) is 2.88. The number of benzene rings is 1. The van der Waals surface area contributed by atoms with Crippen LogP contribution in [0.25, 0.3) is 0 Å². The van der Waals surface area contributed by atoms with Gasteiger partial charge >= 0.3 is 0 Å². The van der Waals surface area contributed by atoms with Crippen molar-refractivity contribution in [3.63, 3.8) is 0 Å². The zero-order chi connectivity index (χ0) is 15.3. The van der Waals surface area contributed by atoms with Crippen LogP contribution in [0, 0.1) is 5.41 Å². The fourth-order valence-corrected chi connectivity index (χ4v) is 5.49. The number of fused-ring (bicyclic) bond motifs is 1. The highest BCUT2D eigenvalue weighted by molar-refractivity contribution is 7.91. The van der Waals surface area contributed by atoms with Gasteiger partial charge in [-0.1, -0.05) is 6.07 Å². The lowest BCUT2D eigenvalue weighted by molar-refractivity contribution is 0.142. The molecule has 0 spiro atoms. The van der Waals surface area contributed by atoms with Gasteiger partial charge in [0.25, 0.3) is 0 Å². The summed E-state index contributed by atoms with van der Waals surface area (Å²) >= 11 is 0. The third-order valence-electron chi connectivity index (χ3n) is 4.39. The number of methoxy groups -OCH3 is 1. The van der Waals surface area contributed by atoms with Crippen LogP contribution in [0.5, 0.6) is 11.5 Å². The molecule has 6 nitrogen and oxygen atoms in total. The molecule has 3 atom stereocenters. The predicted octanol–water partition coefficient (Wildman–Crippen LogP) is 0.517. The van der Waals surface area contributed by atoms with Crippen molar-refractivity contribution in [1.29, 1.82) is 0 Å². The Kier molecular flexibility index (Phi) is 3.38. The molecule has 2 N–H and O–H groups in total. The third-order valence-corrected chi connectivity index (χ3v) is 6.05. The van der Waals surface area contributed by atoms with Crippen molar-refractivity contribution in [2.45, 2.75) is 11.2 Å². The Morgan fingerprint density at radius 2 is 2.10 bits per heavy atom. The van der Waals surface area contributed by atoms with Crippen molar-refractivity contribution in [2.75, 3.05) is 33.3 Å². The lowest BCUT2D eigenvalue weighted by Gasteiger charge is -2.14. The van der Waals surface area contributed by atoms with Crippen molar-refractivity contribution < 1.29 is 22.6 Å². The molecule has 0 amide bonds. The summed E-state index contributed by atoms with van der Waals surface area (Å²) < 4.78 is 40.1. The van der Waals surface area contributed by atoms with Gasteiger partial charge in [-0.25, -0.2) is 8.42 Å². The van der Waals surface area contributed by atoms with Gasteiger partial charge in [0.2, 0.25) is 6.79 Å². The number of rotatable bonds is 5. The molecule has 1 aliphatic heterocycles. The van der Waals surface area contributed by atoms with E-state index in [2.05, 4.69) is 0 Å². The van der Waals surface area contributed by atoms with E-state index in [0.29, 0.717) is 18.1 Å². The first-order chi connectivity index (χ1) is 9.94. The minimum Gasteiger partial charge on any atom is -0.454 e. The SMILES string of the molecule is COC[C@]1(CN)[C@H](c2ccc3c(c2)OCO3)[C@@H]1S(C)(=O)=O. The second kappa shape index (κ2) is 4.86. The number of hydrogen-bond donors (Lipinski definition) is 1. The van der Waals surface area contributed by atoms with Crippen molar-refractivity contribution in [2.24, 2.45) is 11.1 Å². The van der Waals surface area contributed by atoms with Crippen molar-refractivity contribution in [1.82, 2.24) is 0 Å². The first-order valence-corrected chi connectivity index (χ1v) is 8.67. The monoisotopic (exact) mass is 313 g/mol. The lowest BCUT2D eigenvalue weighted by atomic mass is 9.99. The smallest absolute Gasteiger partial charge is 0.231 e. The maximum absolute atomic E-state index is 12.1. The summed E-state index contributed by atoms with van der Waals surface area (Å²) in [5.41, 5.74) is 6.22. The van der Waals surface area contributed by atoms with E-state index in [4.69, 9.17) is 19.9 Å². The van der Waals surface area contributed by atoms with Crippen LogP contribution in [-0.2, 0) is 14.6 Å². The van der Waals surface area contributed by atoms with E-state index in [1.54, 1.807) is 7.11 Å². The van der Waals surface area contributed by atoms with Crippen LogP contribution >= 0.6 is 0 Å². The fourth-order valence-electron chi connectivity index (χ4n) is 3.48. The molecule has 21 heavy (non-hydrogen) atoms. The highest BCUT2D eigenvalue weighted by atomic mass is 32.2. The van der Waals surface area contributed by atoms with Gasteiger partial charge in [-0.15, -0.1) is 0 Å². The van der Waals surface area contributed by atoms with E-state index in [1.807, 2.05) is 18.2 Å². The second-order valence-corrected chi connectivity index (χ2v) is 7.88. The van der Waals surface area contributed by atoms with Crippen molar-refractivity contribution >= 4 is 9.84 Å². The van der Waals surface area contributed by atoms with Crippen LogP contribution in [-0.4, -0.2) is 47.0 Å². The molecule has 7 heteroatoms. The average molecular weight is 313 g/mol. The predicted molar refractivity (Wildman–Crippen MR) is 77.3 cm³/mol. The molecule has 3 rings (SSSR count). The second-order valence-electron chi connectivity index (χ2n) is 5.71. The van der Waals surface area contributed by atoms with E-state index in [-0.39, 0.29) is 19.3 Å². The summed E-state index contributed by atoms with van der Waals surface area (Å²) in [6, 6.07) is 5.53. The third kappa shape index (κ3) is 2.20. The summed E-state index contributed by atoms with van der Waals surface area (Å²) in [5.74, 6) is 1.15. The molecule has 1 aromatic rings. The van der Waals surface area contributed by atoms with Crippen molar-refractivity contribution in [3.8, 4) is 11.5 Å². The minimum absolute atomic E-state index is 0.174. The van der Waals surface area contributed by atoms with Crippen LogP contribution in [0.2, 0.25) is 0 Å². The first kappa shape index (κ1) is 14.6. The molecule has 1 heterocycles. The number of sulfone groups is 1. The van der Waals surface area contributed by atoms with Crippen LogP contribution in [0.3, 0.4) is 0 Å². The van der Waals surface area contributed by atoms with Gasteiger partial charge in [0.05, 0.1) is 11.9 Å². The summed E-state index contributed by atoms with van der Waals surface area (Å²) in [6.07, 6.45) is 1.25. The Hall–Kier alpha value is -1.31. The van der Waals surface area contributed by atoms with Gasteiger partial charge in [-0.3, -0.25) is 0 Å². The minimum atomic E-state index is -3.21. The first-order valence-electron chi connectivity index (χ1n) is 6.71. The van der Waals surface area contributed by atoms with E-state index in [0.717, 1.165) is 5.56 Å². The molecule has 0 aromatic heterocycles. The Balaban J connectivity index is 2.00. The molecule has 0 saturated heterocycles. The van der Waals surface area contributed by atoms with E-state index in [9.17, 15) is 8.42 Å². The summed E-state index contributed by atoms with van der Waals surface area (Å²) in [7, 11) is -1.65. The van der Waals surface area contributed by atoms with E-state index < -0.39 is 20.5 Å².